The summed E-state index contributed by atoms with van der Waals surface area (Å²) in [5, 5.41) is 17.7. The number of rotatable bonds is 9. The monoisotopic (exact) mass is 640 g/mol. The number of nitrogens with zero attached hydrogens (tertiary/aromatic N) is 7. The van der Waals surface area contributed by atoms with Crippen LogP contribution in [0.15, 0.2) is 53.6 Å². The van der Waals surface area contributed by atoms with Crippen LogP contribution in [0, 0.1) is 17.2 Å². The van der Waals surface area contributed by atoms with Gasteiger partial charge in [0.1, 0.15) is 30.4 Å². The fourth-order valence-electron chi connectivity index (χ4n) is 6.22. The van der Waals surface area contributed by atoms with Crippen molar-refractivity contribution in [2.24, 2.45) is 5.92 Å². The van der Waals surface area contributed by atoms with E-state index >= 15 is 4.39 Å². The number of carbonyl (C=O) groups excluding carboxylic acids is 1. The number of alkyl halides is 1. The number of H-pyrrole nitrogens is 2. The van der Waals surface area contributed by atoms with Gasteiger partial charge in [-0.25, -0.2) is 24.3 Å². The third-order valence-electron chi connectivity index (χ3n) is 8.97. The number of nitriles is 1. The highest BCUT2D eigenvalue weighted by atomic mass is 19.1. The maximum Gasteiger partial charge on any atom is 0.361 e. The Hall–Kier alpha value is -5.20. The number of ketones is 1. The molecule has 0 spiro atoms. The van der Waals surface area contributed by atoms with Crippen LogP contribution >= 0.6 is 0 Å². The molecule has 47 heavy (non-hydrogen) atoms. The second kappa shape index (κ2) is 13.3. The largest absolute Gasteiger partial charge is 0.486 e. The Balaban J connectivity index is 0.966. The van der Waals surface area contributed by atoms with Crippen molar-refractivity contribution in [3.63, 3.8) is 0 Å². The summed E-state index contributed by atoms with van der Waals surface area (Å²) in [7, 11) is 0. The number of piperazine rings is 1. The number of hydrogen-bond donors (Lipinski definition) is 3. The smallest absolute Gasteiger partial charge is 0.361 e. The lowest BCUT2D eigenvalue weighted by atomic mass is 9.83. The van der Waals surface area contributed by atoms with Gasteiger partial charge >= 0.3 is 5.69 Å². The van der Waals surface area contributed by atoms with Gasteiger partial charge in [-0.15, -0.1) is 0 Å². The summed E-state index contributed by atoms with van der Waals surface area (Å²) < 4.78 is 26.4. The highest BCUT2D eigenvalue weighted by Crippen LogP contribution is 2.34. The summed E-state index contributed by atoms with van der Waals surface area (Å²) in [6, 6.07) is 15.7. The first-order valence-corrected chi connectivity index (χ1v) is 15.6. The molecule has 0 amide bonds. The van der Waals surface area contributed by atoms with E-state index in [-0.39, 0.29) is 30.0 Å². The average Bonchev–Trinajstić information content (AvgIpc) is 3.51. The molecular formula is C32H33FN10O4. The SMILES string of the molecule is N#Cc1cc(-c2ncnc(Nc3ccc(N4CCN(C5COC5)CC4)cc3)n2)ccc1O[C@H]1CCC(C(=O)c2nc(=O)[nH][nH]2)C[C@H]1F. The fourth-order valence-corrected chi connectivity index (χ4v) is 6.22. The lowest BCUT2D eigenvalue weighted by Crippen LogP contribution is -2.56. The van der Waals surface area contributed by atoms with Gasteiger partial charge in [0.2, 0.25) is 11.7 Å². The van der Waals surface area contributed by atoms with Gasteiger partial charge in [-0.3, -0.25) is 14.8 Å². The van der Waals surface area contributed by atoms with Crippen molar-refractivity contribution in [2.75, 3.05) is 49.6 Å². The molecule has 242 valence electrons. The molecule has 0 radical (unpaired) electrons. The molecule has 3 aliphatic rings. The molecule has 3 fully saturated rings. The molecule has 2 aromatic carbocycles. The molecule has 15 heteroatoms. The van der Waals surface area contributed by atoms with E-state index < -0.39 is 29.7 Å². The fraction of sp³-hybridized carbons (Fsp3) is 0.406. The quantitative estimate of drug-likeness (QED) is 0.228. The topological polar surface area (TPSA) is 178 Å². The van der Waals surface area contributed by atoms with Crippen LogP contribution in [0.5, 0.6) is 5.75 Å². The van der Waals surface area contributed by atoms with Gasteiger partial charge in [-0.05, 0) is 61.7 Å². The number of hydrogen-bond acceptors (Lipinski definition) is 12. The first-order chi connectivity index (χ1) is 22.9. The molecule has 2 saturated heterocycles. The average molecular weight is 641 g/mol. The maximum absolute atomic E-state index is 15.1. The van der Waals surface area contributed by atoms with E-state index in [1.807, 2.05) is 12.1 Å². The summed E-state index contributed by atoms with van der Waals surface area (Å²) in [4.78, 5) is 45.4. The summed E-state index contributed by atoms with van der Waals surface area (Å²) in [6.45, 7) is 5.68. The number of benzene rings is 2. The number of carbonyl (C=O) groups is 1. The minimum Gasteiger partial charge on any atom is -0.486 e. The molecule has 14 nitrogen and oxygen atoms in total. The maximum atomic E-state index is 15.1. The van der Waals surface area contributed by atoms with E-state index in [9.17, 15) is 14.9 Å². The molecular weight excluding hydrogens is 607 g/mol. The van der Waals surface area contributed by atoms with Crippen molar-refractivity contribution < 1.29 is 18.7 Å². The highest BCUT2D eigenvalue weighted by molar-refractivity contribution is 5.94. The molecule has 4 aromatic rings. The first-order valence-electron chi connectivity index (χ1n) is 15.6. The number of anilines is 3. The minimum atomic E-state index is -1.45. The molecule has 4 heterocycles. The van der Waals surface area contributed by atoms with E-state index in [1.165, 1.54) is 6.33 Å². The van der Waals surface area contributed by atoms with Crippen LogP contribution in [-0.4, -0.2) is 98.5 Å². The summed E-state index contributed by atoms with van der Waals surface area (Å²) >= 11 is 0. The van der Waals surface area contributed by atoms with Gasteiger partial charge in [0.25, 0.3) is 0 Å². The lowest BCUT2D eigenvalue weighted by molar-refractivity contribution is -0.0660. The Morgan fingerprint density at radius 1 is 1.04 bits per heavy atom. The van der Waals surface area contributed by atoms with E-state index in [2.05, 4.69) is 63.5 Å². The molecule has 3 N–H and O–H groups in total. The Morgan fingerprint density at radius 3 is 2.53 bits per heavy atom. The Morgan fingerprint density at radius 2 is 1.85 bits per heavy atom. The van der Waals surface area contributed by atoms with Crippen molar-refractivity contribution in [1.82, 2.24) is 35.0 Å². The molecule has 0 bridgehead atoms. The summed E-state index contributed by atoms with van der Waals surface area (Å²) in [6.07, 6.45) is -0.339. The number of halogens is 1. The molecule has 2 aliphatic heterocycles. The van der Waals surface area contributed by atoms with Crippen molar-refractivity contribution in [1.29, 1.82) is 5.26 Å². The standard InChI is InChI=1S/C32H33FN10O4/c33-25-14-19(28(44)30-39-32(45)41-40-30)1-8-27(25)47-26-7-2-20(13-21(26)15-34)29-35-18-36-31(38-29)37-22-3-5-23(6-4-22)42-9-11-43(12-10-42)24-16-46-17-24/h2-7,13,18-19,24-25,27H,1,8-12,14,16-17H2,(H,35,36,37,38)(H2,39,40,41,45)/t19?,25-,27+/m1/s1. The summed E-state index contributed by atoms with van der Waals surface area (Å²) in [5.74, 6) is -0.210. The van der Waals surface area contributed by atoms with Crippen LogP contribution in [0.1, 0.15) is 35.4 Å². The van der Waals surface area contributed by atoms with E-state index in [0.29, 0.717) is 29.8 Å². The highest BCUT2D eigenvalue weighted by Gasteiger charge is 2.37. The van der Waals surface area contributed by atoms with Gasteiger partial charge in [0.05, 0.1) is 24.8 Å². The van der Waals surface area contributed by atoms with Crippen molar-refractivity contribution in [2.45, 2.75) is 37.6 Å². The van der Waals surface area contributed by atoms with Gasteiger partial charge in [-0.1, -0.05) is 0 Å². The summed E-state index contributed by atoms with van der Waals surface area (Å²) in [5.41, 5.74) is 2.10. The first kappa shape index (κ1) is 30.5. The zero-order valence-corrected chi connectivity index (χ0v) is 25.4. The van der Waals surface area contributed by atoms with Crippen LogP contribution < -0.4 is 20.6 Å². The number of aromatic amines is 2. The van der Waals surface area contributed by atoms with Crippen molar-refractivity contribution >= 4 is 23.1 Å². The van der Waals surface area contributed by atoms with Crippen LogP contribution in [0.4, 0.5) is 21.7 Å². The van der Waals surface area contributed by atoms with Crippen LogP contribution in [0.2, 0.25) is 0 Å². The van der Waals surface area contributed by atoms with E-state index in [1.54, 1.807) is 18.2 Å². The van der Waals surface area contributed by atoms with Gasteiger partial charge in [0, 0.05) is 49.0 Å². The molecule has 1 saturated carbocycles. The van der Waals surface area contributed by atoms with Crippen molar-refractivity contribution in [3.05, 3.63) is 70.7 Å². The van der Waals surface area contributed by atoms with Crippen LogP contribution in [0.3, 0.4) is 0 Å². The normalized spacial score (nSPS) is 21.9. The second-order valence-electron chi connectivity index (χ2n) is 11.9. The number of nitrogens with one attached hydrogen (secondary N) is 3. The number of aromatic nitrogens is 6. The minimum absolute atomic E-state index is 0.0741. The van der Waals surface area contributed by atoms with Gasteiger partial charge in [0.15, 0.2) is 11.6 Å². The third kappa shape index (κ3) is 6.69. The zero-order valence-electron chi connectivity index (χ0n) is 25.4. The molecule has 7 rings (SSSR count). The van der Waals surface area contributed by atoms with Crippen LogP contribution in [0.25, 0.3) is 11.4 Å². The Labute approximate surface area is 269 Å². The number of Topliss-reactive ketones (excluding diaryl/α,β-unsaturated/α-hetero) is 1. The zero-order chi connectivity index (χ0) is 32.3. The predicted octanol–water partition coefficient (Wildman–Crippen LogP) is 2.85. The third-order valence-corrected chi connectivity index (χ3v) is 8.97. The van der Waals surface area contributed by atoms with E-state index in [4.69, 9.17) is 9.47 Å². The lowest BCUT2D eigenvalue weighted by Gasteiger charge is -2.43. The molecule has 1 unspecified atom stereocenters. The predicted molar refractivity (Wildman–Crippen MR) is 168 cm³/mol. The van der Waals surface area contributed by atoms with E-state index in [0.717, 1.165) is 50.8 Å². The second-order valence-corrected chi connectivity index (χ2v) is 11.9. The number of ether oxygens (including phenoxy) is 2. The van der Waals surface area contributed by atoms with Gasteiger partial charge < -0.3 is 19.7 Å². The molecule has 3 atom stereocenters. The Bertz CT molecular complexity index is 1830. The molecule has 1 aliphatic carbocycles. The van der Waals surface area contributed by atoms with Crippen molar-refractivity contribution in [3.8, 4) is 23.2 Å². The Kier molecular flexibility index (Phi) is 8.60. The van der Waals surface area contributed by atoms with Crippen LogP contribution in [-0.2, 0) is 4.74 Å². The van der Waals surface area contributed by atoms with Gasteiger partial charge in [-0.2, -0.15) is 15.2 Å². The molecule has 2 aromatic heterocycles.